The van der Waals surface area contributed by atoms with Crippen LogP contribution in [0.5, 0.6) is 0 Å². The number of rotatable bonds is 7. The summed E-state index contributed by atoms with van der Waals surface area (Å²) in [5, 5.41) is 9.73. The molecule has 0 saturated heterocycles. The summed E-state index contributed by atoms with van der Waals surface area (Å²) in [5.74, 6) is 0.705. The molecule has 1 aromatic rings. The highest BCUT2D eigenvalue weighted by Crippen LogP contribution is 2.13. The first kappa shape index (κ1) is 14.2. The van der Waals surface area contributed by atoms with Gasteiger partial charge in [-0.2, -0.15) is 0 Å². The number of aliphatic hydroxyl groups excluding tert-OH is 1. The van der Waals surface area contributed by atoms with Crippen LogP contribution < -0.4 is 0 Å². The molecule has 1 rings (SSSR count). The normalized spacial score (nSPS) is 13.0. The molecule has 1 unspecified atom stereocenters. The van der Waals surface area contributed by atoms with Crippen LogP contribution in [0, 0.1) is 5.92 Å². The largest absolute Gasteiger partial charge is 0.393 e. The van der Waals surface area contributed by atoms with Gasteiger partial charge in [0.15, 0.2) is 0 Å². The van der Waals surface area contributed by atoms with Crippen molar-refractivity contribution in [3.63, 3.8) is 0 Å². The summed E-state index contributed by atoms with van der Waals surface area (Å²) in [5.41, 5.74) is 2.78. The molecule has 1 N–H and O–H groups in total. The van der Waals surface area contributed by atoms with Crippen molar-refractivity contribution in [3.05, 3.63) is 35.4 Å². The van der Waals surface area contributed by atoms with Gasteiger partial charge in [0.2, 0.25) is 0 Å². The molecule has 1 aromatic carbocycles. The molecule has 0 aromatic heterocycles. The molecule has 1 nitrogen and oxygen atoms in total. The summed E-state index contributed by atoms with van der Waals surface area (Å²) < 4.78 is 0. The molecule has 1 heteroatoms. The Morgan fingerprint density at radius 1 is 1.12 bits per heavy atom. The fourth-order valence-electron chi connectivity index (χ4n) is 2.19. The van der Waals surface area contributed by atoms with E-state index < -0.39 is 0 Å². The van der Waals surface area contributed by atoms with Gasteiger partial charge < -0.3 is 5.11 Å². The van der Waals surface area contributed by atoms with Gasteiger partial charge in [0, 0.05) is 0 Å². The smallest absolute Gasteiger partial charge is 0.0543 e. The zero-order valence-corrected chi connectivity index (χ0v) is 11.4. The Balaban J connectivity index is 2.48. The third-order valence-electron chi connectivity index (χ3n) is 3.02. The number of hydrogen-bond donors (Lipinski definition) is 1. The maximum absolute atomic E-state index is 9.73. The van der Waals surface area contributed by atoms with E-state index in [9.17, 15) is 5.11 Å². The Bertz CT molecular complexity index is 317. The molecule has 0 aliphatic carbocycles. The fourth-order valence-corrected chi connectivity index (χ4v) is 2.19. The second-order valence-corrected chi connectivity index (χ2v) is 5.40. The van der Waals surface area contributed by atoms with Gasteiger partial charge in [0.05, 0.1) is 6.10 Å². The summed E-state index contributed by atoms with van der Waals surface area (Å²) >= 11 is 0. The van der Waals surface area contributed by atoms with Crippen molar-refractivity contribution in [3.8, 4) is 0 Å². The second-order valence-electron chi connectivity index (χ2n) is 5.40. The third kappa shape index (κ3) is 5.88. The van der Waals surface area contributed by atoms with E-state index in [2.05, 4.69) is 45.0 Å². The summed E-state index contributed by atoms with van der Waals surface area (Å²) in [7, 11) is 0. The van der Waals surface area contributed by atoms with Crippen LogP contribution in [-0.4, -0.2) is 11.2 Å². The molecule has 0 bridgehead atoms. The predicted octanol–water partition coefficient (Wildman–Crippen LogP) is 3.98. The highest BCUT2D eigenvalue weighted by Gasteiger charge is 2.04. The van der Waals surface area contributed by atoms with E-state index in [1.54, 1.807) is 0 Å². The van der Waals surface area contributed by atoms with E-state index in [1.807, 2.05) is 0 Å². The van der Waals surface area contributed by atoms with Crippen molar-refractivity contribution >= 4 is 0 Å². The van der Waals surface area contributed by atoms with Crippen molar-refractivity contribution in [2.24, 2.45) is 5.92 Å². The average molecular weight is 234 g/mol. The highest BCUT2D eigenvalue weighted by molar-refractivity contribution is 5.24. The van der Waals surface area contributed by atoms with Gasteiger partial charge >= 0.3 is 0 Å². The van der Waals surface area contributed by atoms with Crippen LogP contribution in [0.4, 0.5) is 0 Å². The zero-order chi connectivity index (χ0) is 12.7. The minimum Gasteiger partial charge on any atom is -0.393 e. The second kappa shape index (κ2) is 7.50. The van der Waals surface area contributed by atoms with E-state index in [-0.39, 0.29) is 6.10 Å². The molecule has 0 amide bonds. The lowest BCUT2D eigenvalue weighted by Crippen LogP contribution is -2.07. The number of aryl methyl sites for hydroxylation is 1. The Labute approximate surface area is 106 Å². The van der Waals surface area contributed by atoms with Crippen molar-refractivity contribution in [2.45, 2.75) is 59.0 Å². The minimum absolute atomic E-state index is 0.131. The van der Waals surface area contributed by atoms with Crippen LogP contribution in [0.1, 0.15) is 51.2 Å². The topological polar surface area (TPSA) is 20.2 Å². The molecule has 0 spiro atoms. The number of aliphatic hydroxyl groups is 1. The lowest BCUT2D eigenvalue weighted by molar-refractivity contribution is 0.154. The first-order valence-corrected chi connectivity index (χ1v) is 6.87. The molecule has 96 valence electrons. The monoisotopic (exact) mass is 234 g/mol. The average Bonchev–Trinajstić information content (AvgIpc) is 2.26. The van der Waals surface area contributed by atoms with Crippen LogP contribution in [0.25, 0.3) is 0 Å². The SMILES string of the molecule is CCCC(O)CCc1cccc(CC(C)C)c1. The van der Waals surface area contributed by atoms with Crippen molar-refractivity contribution in [1.29, 1.82) is 0 Å². The standard InChI is InChI=1S/C16H26O/c1-4-6-16(17)10-9-14-7-5-8-15(12-14)11-13(2)3/h5,7-8,12-13,16-17H,4,6,9-11H2,1-3H3. The summed E-state index contributed by atoms with van der Waals surface area (Å²) in [4.78, 5) is 0. The quantitative estimate of drug-likeness (QED) is 0.756. The van der Waals surface area contributed by atoms with Gasteiger partial charge in [-0.15, -0.1) is 0 Å². The summed E-state index contributed by atoms with van der Waals surface area (Å²) in [6.07, 6.45) is 4.88. The van der Waals surface area contributed by atoms with Crippen LogP contribution in [-0.2, 0) is 12.8 Å². The van der Waals surface area contributed by atoms with Gasteiger partial charge in [-0.1, -0.05) is 51.5 Å². The van der Waals surface area contributed by atoms with Crippen LogP contribution >= 0.6 is 0 Å². The fraction of sp³-hybridized carbons (Fsp3) is 0.625. The molecule has 0 aliphatic rings. The maximum atomic E-state index is 9.73. The zero-order valence-electron chi connectivity index (χ0n) is 11.4. The van der Waals surface area contributed by atoms with Gasteiger partial charge in [0.25, 0.3) is 0 Å². The van der Waals surface area contributed by atoms with Crippen LogP contribution in [0.2, 0.25) is 0 Å². The molecular formula is C16H26O. The first-order chi connectivity index (χ1) is 8.11. The summed E-state index contributed by atoms with van der Waals surface area (Å²) in [6.45, 7) is 6.61. The molecule has 0 aliphatic heterocycles. The van der Waals surface area contributed by atoms with Crippen LogP contribution in [0.15, 0.2) is 24.3 Å². The van der Waals surface area contributed by atoms with E-state index in [0.717, 1.165) is 32.1 Å². The lowest BCUT2D eigenvalue weighted by atomic mass is 9.98. The van der Waals surface area contributed by atoms with Crippen LogP contribution in [0.3, 0.4) is 0 Å². The van der Waals surface area contributed by atoms with Gasteiger partial charge in [-0.25, -0.2) is 0 Å². The predicted molar refractivity (Wildman–Crippen MR) is 74.2 cm³/mol. The van der Waals surface area contributed by atoms with Crippen molar-refractivity contribution < 1.29 is 5.11 Å². The van der Waals surface area contributed by atoms with E-state index in [1.165, 1.54) is 11.1 Å². The third-order valence-corrected chi connectivity index (χ3v) is 3.02. The molecular weight excluding hydrogens is 208 g/mol. The molecule has 17 heavy (non-hydrogen) atoms. The van der Waals surface area contributed by atoms with Gasteiger partial charge in [-0.3, -0.25) is 0 Å². The number of hydrogen-bond acceptors (Lipinski definition) is 1. The number of benzene rings is 1. The molecule has 1 atom stereocenters. The molecule has 0 radical (unpaired) electrons. The molecule has 0 fully saturated rings. The van der Waals surface area contributed by atoms with E-state index >= 15 is 0 Å². The molecule has 0 heterocycles. The van der Waals surface area contributed by atoms with Crippen molar-refractivity contribution in [2.75, 3.05) is 0 Å². The Morgan fingerprint density at radius 2 is 1.82 bits per heavy atom. The minimum atomic E-state index is -0.131. The van der Waals surface area contributed by atoms with Gasteiger partial charge in [-0.05, 0) is 42.7 Å². The highest BCUT2D eigenvalue weighted by atomic mass is 16.3. The van der Waals surface area contributed by atoms with Crippen molar-refractivity contribution in [1.82, 2.24) is 0 Å². The Morgan fingerprint density at radius 3 is 2.47 bits per heavy atom. The summed E-state index contributed by atoms with van der Waals surface area (Å²) in [6, 6.07) is 8.80. The lowest BCUT2D eigenvalue weighted by Gasteiger charge is -2.10. The van der Waals surface area contributed by atoms with E-state index in [4.69, 9.17) is 0 Å². The van der Waals surface area contributed by atoms with Gasteiger partial charge in [0.1, 0.15) is 0 Å². The maximum Gasteiger partial charge on any atom is 0.0543 e. The molecule has 0 saturated carbocycles. The first-order valence-electron chi connectivity index (χ1n) is 6.87. The Hall–Kier alpha value is -0.820. The van der Waals surface area contributed by atoms with E-state index in [0.29, 0.717) is 5.92 Å². The Kier molecular flexibility index (Phi) is 6.28.